The lowest BCUT2D eigenvalue weighted by Gasteiger charge is -2.18. The van der Waals surface area contributed by atoms with Crippen molar-refractivity contribution in [3.05, 3.63) is 47.4 Å². The van der Waals surface area contributed by atoms with E-state index in [1.54, 1.807) is 24.5 Å². The highest BCUT2D eigenvalue weighted by Crippen LogP contribution is 2.26. The third-order valence-corrected chi connectivity index (χ3v) is 3.50. The van der Waals surface area contributed by atoms with E-state index in [4.69, 9.17) is 5.11 Å². The molecule has 0 unspecified atom stereocenters. The van der Waals surface area contributed by atoms with Crippen molar-refractivity contribution in [2.24, 2.45) is 0 Å². The van der Waals surface area contributed by atoms with E-state index in [-0.39, 0.29) is 5.56 Å². The lowest BCUT2D eigenvalue weighted by atomic mass is 9.96. The molecule has 5 heteroatoms. The molecule has 0 radical (unpaired) electrons. The van der Waals surface area contributed by atoms with Crippen LogP contribution in [0, 0.1) is 0 Å². The summed E-state index contributed by atoms with van der Waals surface area (Å²) in [6.45, 7) is 0. The normalized spacial score (nSPS) is 13.6. The lowest BCUT2D eigenvalue weighted by molar-refractivity contribution is 0.0697. The van der Waals surface area contributed by atoms with Crippen molar-refractivity contribution < 1.29 is 9.90 Å². The predicted molar refractivity (Wildman–Crippen MR) is 75.4 cm³/mol. The van der Waals surface area contributed by atoms with Gasteiger partial charge in [-0.05, 0) is 43.9 Å². The molecule has 20 heavy (non-hydrogen) atoms. The summed E-state index contributed by atoms with van der Waals surface area (Å²) in [5.41, 5.74) is 3.25. The van der Waals surface area contributed by atoms with Gasteiger partial charge in [0.1, 0.15) is 12.1 Å². The lowest BCUT2D eigenvalue weighted by Crippen LogP contribution is -2.10. The van der Waals surface area contributed by atoms with Gasteiger partial charge in [0.05, 0.1) is 5.56 Å². The van der Waals surface area contributed by atoms with Crippen LogP contribution in [0.25, 0.3) is 0 Å². The first-order valence-corrected chi connectivity index (χ1v) is 6.67. The molecular weight excluding hydrogens is 254 g/mol. The number of carboxylic acids is 1. The molecule has 1 heterocycles. The standard InChI is InChI=1S/C15H15N3O2/c19-15(20)10-4-3-5-11(8-10)18-14-12-6-1-2-7-13(12)16-9-17-14/h3-5,8-9H,1-2,6-7H2,(H,19,20)(H,16,17,18). The maximum atomic E-state index is 11.0. The van der Waals surface area contributed by atoms with E-state index in [1.807, 2.05) is 6.07 Å². The topological polar surface area (TPSA) is 75.1 Å². The minimum absolute atomic E-state index is 0.262. The second-order valence-electron chi connectivity index (χ2n) is 4.87. The fraction of sp³-hybridized carbons (Fsp3) is 0.267. The smallest absolute Gasteiger partial charge is 0.335 e. The molecular formula is C15H15N3O2. The van der Waals surface area contributed by atoms with Gasteiger partial charge in [-0.1, -0.05) is 6.07 Å². The first-order chi connectivity index (χ1) is 9.74. The summed E-state index contributed by atoms with van der Waals surface area (Å²) in [4.78, 5) is 19.6. The largest absolute Gasteiger partial charge is 0.478 e. The summed E-state index contributed by atoms with van der Waals surface area (Å²) in [6, 6.07) is 6.74. The number of anilines is 2. The summed E-state index contributed by atoms with van der Waals surface area (Å²) in [5, 5.41) is 12.2. The first-order valence-electron chi connectivity index (χ1n) is 6.67. The van der Waals surface area contributed by atoms with E-state index in [2.05, 4.69) is 15.3 Å². The highest BCUT2D eigenvalue weighted by molar-refractivity contribution is 5.89. The Morgan fingerprint density at radius 3 is 2.90 bits per heavy atom. The fourth-order valence-electron chi connectivity index (χ4n) is 2.50. The van der Waals surface area contributed by atoms with Gasteiger partial charge < -0.3 is 10.4 Å². The summed E-state index contributed by atoms with van der Waals surface area (Å²) < 4.78 is 0. The molecule has 0 fully saturated rings. The molecule has 1 aliphatic carbocycles. The quantitative estimate of drug-likeness (QED) is 0.896. The van der Waals surface area contributed by atoms with Crippen LogP contribution >= 0.6 is 0 Å². The molecule has 0 bridgehead atoms. The number of carboxylic acid groups (broad SMARTS) is 1. The van der Waals surface area contributed by atoms with E-state index in [9.17, 15) is 4.79 Å². The monoisotopic (exact) mass is 269 g/mol. The van der Waals surface area contributed by atoms with Gasteiger partial charge in [-0.15, -0.1) is 0 Å². The maximum Gasteiger partial charge on any atom is 0.335 e. The summed E-state index contributed by atoms with van der Waals surface area (Å²) in [5.74, 6) is -0.143. The molecule has 0 aliphatic heterocycles. The molecule has 1 aliphatic rings. The van der Waals surface area contributed by atoms with Crippen LogP contribution in [-0.2, 0) is 12.8 Å². The molecule has 1 aromatic carbocycles. The zero-order chi connectivity index (χ0) is 13.9. The van der Waals surface area contributed by atoms with E-state index < -0.39 is 5.97 Å². The van der Waals surface area contributed by atoms with Crippen LogP contribution in [0.3, 0.4) is 0 Å². The number of hydrogen-bond donors (Lipinski definition) is 2. The van der Waals surface area contributed by atoms with Crippen LogP contribution < -0.4 is 5.32 Å². The average molecular weight is 269 g/mol. The molecule has 2 aromatic rings. The molecule has 0 atom stereocenters. The highest BCUT2D eigenvalue weighted by Gasteiger charge is 2.15. The minimum Gasteiger partial charge on any atom is -0.478 e. The molecule has 5 nitrogen and oxygen atoms in total. The van der Waals surface area contributed by atoms with Crippen molar-refractivity contribution in [3.63, 3.8) is 0 Å². The average Bonchev–Trinajstić information content (AvgIpc) is 2.48. The number of benzene rings is 1. The predicted octanol–water partition coefficient (Wildman–Crippen LogP) is 2.80. The van der Waals surface area contributed by atoms with Gasteiger partial charge in [0.15, 0.2) is 0 Å². The first kappa shape index (κ1) is 12.6. The van der Waals surface area contributed by atoms with Crippen molar-refractivity contribution in [3.8, 4) is 0 Å². The number of carbonyl (C=O) groups is 1. The summed E-state index contributed by atoms with van der Waals surface area (Å²) in [6.07, 6.45) is 5.83. The number of fused-ring (bicyclic) bond motifs is 1. The highest BCUT2D eigenvalue weighted by atomic mass is 16.4. The zero-order valence-electron chi connectivity index (χ0n) is 11.0. The molecule has 1 aromatic heterocycles. The number of rotatable bonds is 3. The van der Waals surface area contributed by atoms with Gasteiger partial charge in [0.25, 0.3) is 0 Å². The molecule has 0 spiro atoms. The van der Waals surface area contributed by atoms with Crippen LogP contribution in [0.15, 0.2) is 30.6 Å². The zero-order valence-corrected chi connectivity index (χ0v) is 11.0. The number of hydrogen-bond acceptors (Lipinski definition) is 4. The van der Waals surface area contributed by atoms with Crippen molar-refractivity contribution in [2.75, 3.05) is 5.32 Å². The molecule has 0 amide bonds. The van der Waals surface area contributed by atoms with Gasteiger partial charge >= 0.3 is 5.97 Å². The maximum absolute atomic E-state index is 11.0. The van der Waals surface area contributed by atoms with E-state index >= 15 is 0 Å². The Bertz CT molecular complexity index is 655. The molecule has 3 rings (SSSR count). The van der Waals surface area contributed by atoms with E-state index in [0.717, 1.165) is 48.4 Å². The minimum atomic E-state index is -0.932. The Labute approximate surface area is 116 Å². The van der Waals surface area contributed by atoms with Crippen molar-refractivity contribution in [1.29, 1.82) is 0 Å². The number of nitrogens with one attached hydrogen (secondary N) is 1. The van der Waals surface area contributed by atoms with Gasteiger partial charge in [0, 0.05) is 16.9 Å². The van der Waals surface area contributed by atoms with Gasteiger partial charge in [-0.2, -0.15) is 0 Å². The Morgan fingerprint density at radius 2 is 2.05 bits per heavy atom. The Balaban J connectivity index is 1.91. The van der Waals surface area contributed by atoms with Crippen LogP contribution in [0.2, 0.25) is 0 Å². The van der Waals surface area contributed by atoms with Gasteiger partial charge in [-0.3, -0.25) is 0 Å². The fourth-order valence-corrected chi connectivity index (χ4v) is 2.50. The summed E-state index contributed by atoms with van der Waals surface area (Å²) >= 11 is 0. The van der Waals surface area contributed by atoms with E-state index in [0.29, 0.717) is 0 Å². The molecule has 0 saturated heterocycles. The van der Waals surface area contributed by atoms with Crippen LogP contribution in [0.1, 0.15) is 34.5 Å². The number of aromatic nitrogens is 2. The van der Waals surface area contributed by atoms with Gasteiger partial charge in [0.2, 0.25) is 0 Å². The second-order valence-corrected chi connectivity index (χ2v) is 4.87. The van der Waals surface area contributed by atoms with Crippen molar-refractivity contribution >= 4 is 17.5 Å². The number of aromatic carboxylic acids is 1. The Kier molecular flexibility index (Phi) is 3.33. The molecule has 2 N–H and O–H groups in total. The van der Waals surface area contributed by atoms with Crippen LogP contribution in [0.4, 0.5) is 11.5 Å². The molecule has 102 valence electrons. The third-order valence-electron chi connectivity index (χ3n) is 3.50. The Morgan fingerprint density at radius 1 is 1.20 bits per heavy atom. The van der Waals surface area contributed by atoms with E-state index in [1.165, 1.54) is 0 Å². The Hall–Kier alpha value is -2.43. The number of nitrogens with zero attached hydrogens (tertiary/aromatic N) is 2. The third kappa shape index (κ3) is 2.47. The SMILES string of the molecule is O=C(O)c1cccc(Nc2ncnc3c2CCCC3)c1. The second kappa shape index (κ2) is 5.28. The van der Waals surface area contributed by atoms with Crippen molar-refractivity contribution in [1.82, 2.24) is 9.97 Å². The van der Waals surface area contributed by atoms with Crippen molar-refractivity contribution in [2.45, 2.75) is 25.7 Å². The summed E-state index contributed by atoms with van der Waals surface area (Å²) in [7, 11) is 0. The van der Waals surface area contributed by atoms with Crippen LogP contribution in [-0.4, -0.2) is 21.0 Å². The molecule has 0 saturated carbocycles. The van der Waals surface area contributed by atoms with Gasteiger partial charge in [-0.25, -0.2) is 14.8 Å². The number of aryl methyl sites for hydroxylation is 1. The van der Waals surface area contributed by atoms with Crippen LogP contribution in [0.5, 0.6) is 0 Å².